The Kier molecular flexibility index (Phi) is 7.43. The summed E-state index contributed by atoms with van der Waals surface area (Å²) in [6, 6.07) is 4.56. The van der Waals surface area contributed by atoms with Crippen LogP contribution in [0.1, 0.15) is 42.9 Å². The van der Waals surface area contributed by atoms with Crippen molar-refractivity contribution in [2.45, 2.75) is 13.5 Å². The SMILES string of the molecule is CCOc1cc(C(=O)OCc2c(C(=O)OC)sc(N)c2C(=O)OC)ccc1OC. The first-order valence-electron chi connectivity index (χ1n) is 8.43. The van der Waals surface area contributed by atoms with E-state index in [4.69, 9.17) is 29.4 Å². The molecule has 0 radical (unpaired) electrons. The maximum atomic E-state index is 12.5. The van der Waals surface area contributed by atoms with Gasteiger partial charge in [0.05, 0.1) is 33.5 Å². The number of nitrogens with two attached hydrogens (primary N) is 1. The van der Waals surface area contributed by atoms with E-state index in [-0.39, 0.29) is 33.2 Å². The lowest BCUT2D eigenvalue weighted by Gasteiger charge is -2.11. The molecule has 0 unspecified atom stereocenters. The number of esters is 3. The Labute approximate surface area is 171 Å². The van der Waals surface area contributed by atoms with Crippen LogP contribution in [0.5, 0.6) is 11.5 Å². The van der Waals surface area contributed by atoms with Crippen LogP contribution < -0.4 is 15.2 Å². The van der Waals surface area contributed by atoms with Crippen LogP contribution in [0.4, 0.5) is 5.00 Å². The van der Waals surface area contributed by atoms with E-state index in [0.29, 0.717) is 18.1 Å². The highest BCUT2D eigenvalue weighted by Crippen LogP contribution is 2.33. The van der Waals surface area contributed by atoms with Crippen LogP contribution in [-0.2, 0) is 20.8 Å². The molecule has 156 valence electrons. The minimum Gasteiger partial charge on any atom is -0.493 e. The number of benzene rings is 1. The molecule has 29 heavy (non-hydrogen) atoms. The van der Waals surface area contributed by atoms with Crippen molar-refractivity contribution in [3.63, 3.8) is 0 Å². The number of hydrogen-bond acceptors (Lipinski definition) is 10. The molecular formula is C19H21NO8S. The fraction of sp³-hybridized carbons (Fsp3) is 0.316. The summed E-state index contributed by atoms with van der Waals surface area (Å²) in [4.78, 5) is 36.6. The zero-order valence-electron chi connectivity index (χ0n) is 16.4. The third-order valence-corrected chi connectivity index (χ3v) is 4.88. The summed E-state index contributed by atoms with van der Waals surface area (Å²) in [5.74, 6) is -1.29. The summed E-state index contributed by atoms with van der Waals surface area (Å²) >= 11 is 0.853. The van der Waals surface area contributed by atoms with Crippen LogP contribution >= 0.6 is 11.3 Å². The van der Waals surface area contributed by atoms with Crippen molar-refractivity contribution in [1.82, 2.24) is 0 Å². The van der Waals surface area contributed by atoms with Crippen molar-refractivity contribution < 1.29 is 38.1 Å². The van der Waals surface area contributed by atoms with Gasteiger partial charge in [0.15, 0.2) is 11.5 Å². The minimum atomic E-state index is -0.747. The molecule has 2 N–H and O–H groups in total. The van der Waals surface area contributed by atoms with Gasteiger partial charge in [-0.1, -0.05) is 0 Å². The fourth-order valence-electron chi connectivity index (χ4n) is 2.50. The zero-order chi connectivity index (χ0) is 21.6. The second kappa shape index (κ2) is 9.78. The van der Waals surface area contributed by atoms with E-state index < -0.39 is 17.9 Å². The molecule has 0 fully saturated rings. The second-order valence-electron chi connectivity index (χ2n) is 5.51. The van der Waals surface area contributed by atoms with E-state index in [9.17, 15) is 14.4 Å². The van der Waals surface area contributed by atoms with Crippen molar-refractivity contribution in [3.8, 4) is 11.5 Å². The predicted molar refractivity (Wildman–Crippen MR) is 105 cm³/mol. The number of rotatable bonds is 8. The summed E-state index contributed by atoms with van der Waals surface area (Å²) in [6.45, 7) is 1.81. The number of methoxy groups -OCH3 is 3. The van der Waals surface area contributed by atoms with Gasteiger partial charge >= 0.3 is 17.9 Å². The normalized spacial score (nSPS) is 10.2. The first kappa shape index (κ1) is 22.0. The highest BCUT2D eigenvalue weighted by Gasteiger charge is 2.28. The van der Waals surface area contributed by atoms with Gasteiger partial charge in [-0.2, -0.15) is 0 Å². The number of carbonyl (C=O) groups excluding carboxylic acids is 3. The van der Waals surface area contributed by atoms with Gasteiger partial charge in [0.1, 0.15) is 22.0 Å². The Hall–Kier alpha value is -3.27. The smallest absolute Gasteiger partial charge is 0.348 e. The lowest BCUT2D eigenvalue weighted by atomic mass is 10.1. The van der Waals surface area contributed by atoms with Crippen molar-refractivity contribution in [3.05, 3.63) is 39.8 Å². The molecule has 0 spiro atoms. The van der Waals surface area contributed by atoms with Gasteiger partial charge in [-0.15, -0.1) is 11.3 Å². The molecule has 10 heteroatoms. The van der Waals surface area contributed by atoms with Crippen LogP contribution in [-0.4, -0.2) is 45.8 Å². The average Bonchev–Trinajstić information content (AvgIpc) is 3.07. The van der Waals surface area contributed by atoms with Gasteiger partial charge in [0.25, 0.3) is 0 Å². The molecule has 0 bridgehead atoms. The van der Waals surface area contributed by atoms with Crippen molar-refractivity contribution in [2.24, 2.45) is 0 Å². The summed E-state index contributed by atoms with van der Waals surface area (Å²) in [5, 5.41) is 0.0615. The summed E-state index contributed by atoms with van der Waals surface area (Å²) < 4.78 is 25.4. The Bertz CT molecular complexity index is 921. The molecule has 0 aliphatic rings. The van der Waals surface area contributed by atoms with Gasteiger partial charge in [0, 0.05) is 5.56 Å². The van der Waals surface area contributed by atoms with Gasteiger partial charge in [-0.3, -0.25) is 0 Å². The Morgan fingerprint density at radius 3 is 2.28 bits per heavy atom. The second-order valence-corrected chi connectivity index (χ2v) is 6.56. The van der Waals surface area contributed by atoms with Crippen LogP contribution in [0.15, 0.2) is 18.2 Å². The van der Waals surface area contributed by atoms with Crippen molar-refractivity contribution >= 4 is 34.2 Å². The quantitative estimate of drug-likeness (QED) is 0.504. The summed E-state index contributed by atoms with van der Waals surface area (Å²) in [6.07, 6.45) is 0. The van der Waals surface area contributed by atoms with E-state index in [1.54, 1.807) is 13.0 Å². The van der Waals surface area contributed by atoms with E-state index in [1.165, 1.54) is 33.5 Å². The van der Waals surface area contributed by atoms with E-state index in [2.05, 4.69) is 0 Å². The third kappa shape index (κ3) is 4.77. The molecule has 9 nitrogen and oxygen atoms in total. The standard InChI is InChI=1S/C19H21NO8S/c1-5-27-13-8-10(6-7-12(13)24-2)17(21)28-9-11-14(18(22)25-3)16(20)29-15(11)19(23)26-4/h6-8H,5,9,20H2,1-4H3. The van der Waals surface area contributed by atoms with E-state index in [1.807, 2.05) is 0 Å². The molecule has 0 amide bonds. The number of thiophene rings is 1. The van der Waals surface area contributed by atoms with E-state index in [0.717, 1.165) is 11.3 Å². The molecule has 0 saturated heterocycles. The molecule has 1 aromatic carbocycles. The topological polar surface area (TPSA) is 123 Å². The maximum absolute atomic E-state index is 12.5. The molecule has 0 atom stereocenters. The highest BCUT2D eigenvalue weighted by molar-refractivity contribution is 7.18. The van der Waals surface area contributed by atoms with Crippen LogP contribution in [0.3, 0.4) is 0 Å². The van der Waals surface area contributed by atoms with Gasteiger partial charge in [-0.05, 0) is 25.1 Å². The molecule has 0 saturated carbocycles. The number of anilines is 1. The molecule has 0 aliphatic heterocycles. The van der Waals surface area contributed by atoms with Gasteiger partial charge in [0.2, 0.25) is 0 Å². The van der Waals surface area contributed by atoms with E-state index >= 15 is 0 Å². The Morgan fingerprint density at radius 2 is 1.69 bits per heavy atom. The molecule has 1 aromatic heterocycles. The van der Waals surface area contributed by atoms with Crippen LogP contribution in [0.2, 0.25) is 0 Å². The first-order chi connectivity index (χ1) is 13.9. The highest BCUT2D eigenvalue weighted by atomic mass is 32.1. The van der Waals surface area contributed by atoms with Gasteiger partial charge in [-0.25, -0.2) is 14.4 Å². The number of hydrogen-bond donors (Lipinski definition) is 1. The largest absolute Gasteiger partial charge is 0.493 e. The molecule has 2 aromatic rings. The van der Waals surface area contributed by atoms with Crippen molar-refractivity contribution in [1.29, 1.82) is 0 Å². The lowest BCUT2D eigenvalue weighted by molar-refractivity contribution is 0.0452. The zero-order valence-corrected chi connectivity index (χ0v) is 17.2. The Balaban J connectivity index is 2.31. The predicted octanol–water partition coefficient (Wildman–Crippen LogP) is 2.67. The first-order valence-corrected chi connectivity index (χ1v) is 9.25. The fourth-order valence-corrected chi connectivity index (χ4v) is 3.48. The average molecular weight is 423 g/mol. The summed E-state index contributed by atoms with van der Waals surface area (Å²) in [5.41, 5.74) is 6.15. The van der Waals surface area contributed by atoms with Crippen LogP contribution in [0, 0.1) is 0 Å². The molecule has 2 rings (SSSR count). The molecule has 1 heterocycles. The lowest BCUT2D eigenvalue weighted by Crippen LogP contribution is -2.13. The minimum absolute atomic E-state index is 0.0320. The van der Waals surface area contributed by atoms with Crippen LogP contribution in [0.25, 0.3) is 0 Å². The van der Waals surface area contributed by atoms with Crippen molar-refractivity contribution in [2.75, 3.05) is 33.7 Å². The van der Waals surface area contributed by atoms with Gasteiger partial charge < -0.3 is 29.4 Å². The molecular weight excluding hydrogens is 402 g/mol. The summed E-state index contributed by atoms with van der Waals surface area (Å²) in [7, 11) is 3.86. The molecule has 0 aliphatic carbocycles. The Morgan fingerprint density at radius 1 is 1.00 bits per heavy atom. The third-order valence-electron chi connectivity index (χ3n) is 3.84. The number of ether oxygens (including phenoxy) is 5. The maximum Gasteiger partial charge on any atom is 0.348 e. The number of carbonyl (C=O) groups is 3. The number of nitrogen functional groups attached to an aromatic ring is 1. The monoisotopic (exact) mass is 423 g/mol.